The minimum Gasteiger partial charge on any atom is -0.379 e. The molecule has 0 N–H and O–H groups in total. The molecular weight excluding hydrogens is 521 g/mol. The number of alkyl halides is 3. The summed E-state index contributed by atoms with van der Waals surface area (Å²) in [5.41, 5.74) is 1.79. The number of carbonyl (C=O) groups excluding carboxylic acids is 2. The SMILES string of the molecule is Cc1c(C(=O)CCCN2CCOCC2)ccc2nn(CC3CCN(C(=O)c4cccc(C(F)(F)F)c4)CC3)cc12. The Kier molecular flexibility index (Phi) is 8.56. The number of aryl methyl sites for hydroxylation is 1. The highest BCUT2D eigenvalue weighted by Gasteiger charge is 2.32. The molecule has 3 heterocycles. The molecule has 0 unspecified atom stereocenters. The number of halogens is 3. The minimum atomic E-state index is -4.48. The molecule has 2 fully saturated rings. The molecule has 40 heavy (non-hydrogen) atoms. The Labute approximate surface area is 231 Å². The summed E-state index contributed by atoms with van der Waals surface area (Å²) in [6.07, 6.45) is 0.334. The summed E-state index contributed by atoms with van der Waals surface area (Å²) >= 11 is 0. The van der Waals surface area contributed by atoms with E-state index < -0.39 is 11.7 Å². The fourth-order valence-electron chi connectivity index (χ4n) is 5.69. The molecule has 5 rings (SSSR count). The van der Waals surface area contributed by atoms with Crippen LogP contribution in [0, 0.1) is 12.8 Å². The van der Waals surface area contributed by atoms with E-state index in [0.29, 0.717) is 32.0 Å². The highest BCUT2D eigenvalue weighted by Crippen LogP contribution is 2.30. The second-order valence-corrected chi connectivity index (χ2v) is 10.8. The van der Waals surface area contributed by atoms with Gasteiger partial charge in [0.1, 0.15) is 0 Å². The van der Waals surface area contributed by atoms with E-state index in [1.807, 2.05) is 29.9 Å². The number of morpholine rings is 1. The molecule has 2 aliphatic heterocycles. The van der Waals surface area contributed by atoms with E-state index in [-0.39, 0.29) is 17.3 Å². The molecule has 214 valence electrons. The Morgan fingerprint density at radius 2 is 1.80 bits per heavy atom. The number of carbonyl (C=O) groups is 2. The smallest absolute Gasteiger partial charge is 0.379 e. The van der Waals surface area contributed by atoms with Gasteiger partial charge in [0.05, 0.1) is 24.3 Å². The Morgan fingerprint density at radius 1 is 1.05 bits per heavy atom. The van der Waals surface area contributed by atoms with Crippen LogP contribution in [0.4, 0.5) is 13.2 Å². The van der Waals surface area contributed by atoms with E-state index >= 15 is 0 Å². The molecule has 1 amide bonds. The van der Waals surface area contributed by atoms with Crippen LogP contribution in [0.5, 0.6) is 0 Å². The largest absolute Gasteiger partial charge is 0.416 e. The molecule has 10 heteroatoms. The highest BCUT2D eigenvalue weighted by molar-refractivity contribution is 6.01. The Hall–Kier alpha value is -3.24. The van der Waals surface area contributed by atoms with Gasteiger partial charge in [-0.1, -0.05) is 6.07 Å². The molecule has 0 saturated carbocycles. The number of ether oxygens (including phenoxy) is 1. The number of nitrogens with zero attached hydrogens (tertiary/aromatic N) is 4. The summed E-state index contributed by atoms with van der Waals surface area (Å²) in [5, 5.41) is 5.69. The summed E-state index contributed by atoms with van der Waals surface area (Å²) in [6, 6.07) is 8.40. The predicted octanol–water partition coefficient (Wildman–Crippen LogP) is 5.21. The fraction of sp³-hybridized carbons (Fsp3) is 0.500. The number of piperidine rings is 1. The molecule has 0 atom stereocenters. The number of hydrogen-bond donors (Lipinski definition) is 0. The van der Waals surface area contributed by atoms with Crippen molar-refractivity contribution in [3.05, 3.63) is 64.8 Å². The summed E-state index contributed by atoms with van der Waals surface area (Å²) in [6.45, 7) is 7.89. The van der Waals surface area contributed by atoms with E-state index in [1.165, 1.54) is 12.1 Å². The number of fused-ring (bicyclic) bond motifs is 1. The maximum atomic E-state index is 13.1. The van der Waals surface area contributed by atoms with Crippen molar-refractivity contribution in [1.29, 1.82) is 0 Å². The minimum absolute atomic E-state index is 0.0634. The van der Waals surface area contributed by atoms with Crippen LogP contribution in [0.2, 0.25) is 0 Å². The normalized spacial score (nSPS) is 17.4. The van der Waals surface area contributed by atoms with Gasteiger partial charge in [-0.15, -0.1) is 0 Å². The van der Waals surface area contributed by atoms with Crippen LogP contribution in [0.3, 0.4) is 0 Å². The van der Waals surface area contributed by atoms with Gasteiger partial charge in [-0.3, -0.25) is 19.2 Å². The fourth-order valence-corrected chi connectivity index (χ4v) is 5.69. The number of likely N-dealkylation sites (tertiary alicyclic amines) is 1. The van der Waals surface area contributed by atoms with E-state index in [4.69, 9.17) is 9.84 Å². The van der Waals surface area contributed by atoms with Crippen molar-refractivity contribution in [2.75, 3.05) is 45.9 Å². The molecule has 0 spiro atoms. The first-order valence-corrected chi connectivity index (χ1v) is 14.0. The van der Waals surface area contributed by atoms with Crippen molar-refractivity contribution in [2.24, 2.45) is 5.92 Å². The van der Waals surface area contributed by atoms with E-state index in [9.17, 15) is 22.8 Å². The van der Waals surface area contributed by atoms with Crippen LogP contribution in [0.25, 0.3) is 10.9 Å². The molecule has 2 aromatic carbocycles. The lowest BCUT2D eigenvalue weighted by Gasteiger charge is -2.32. The molecule has 2 aliphatic rings. The Bertz CT molecular complexity index is 1360. The van der Waals surface area contributed by atoms with Crippen molar-refractivity contribution in [2.45, 2.75) is 45.3 Å². The van der Waals surface area contributed by atoms with Crippen LogP contribution in [0.1, 0.15) is 57.5 Å². The molecule has 2 saturated heterocycles. The van der Waals surface area contributed by atoms with Gasteiger partial charge in [0, 0.05) is 61.9 Å². The molecule has 0 radical (unpaired) electrons. The van der Waals surface area contributed by atoms with E-state index in [0.717, 1.165) is 86.3 Å². The van der Waals surface area contributed by atoms with Crippen LogP contribution < -0.4 is 0 Å². The Morgan fingerprint density at radius 3 is 2.52 bits per heavy atom. The first-order chi connectivity index (χ1) is 19.2. The van der Waals surface area contributed by atoms with Gasteiger partial charge in [-0.25, -0.2) is 0 Å². The number of Topliss-reactive ketones (excluding diaryl/α,β-unsaturated/α-hetero) is 1. The van der Waals surface area contributed by atoms with Crippen molar-refractivity contribution in [3.8, 4) is 0 Å². The number of aromatic nitrogens is 2. The summed E-state index contributed by atoms with van der Waals surface area (Å²) in [7, 11) is 0. The maximum absolute atomic E-state index is 13.1. The average Bonchev–Trinajstić information content (AvgIpc) is 3.37. The summed E-state index contributed by atoms with van der Waals surface area (Å²) in [4.78, 5) is 29.8. The van der Waals surface area contributed by atoms with E-state index in [2.05, 4.69) is 4.90 Å². The van der Waals surface area contributed by atoms with Gasteiger partial charge in [0.25, 0.3) is 5.91 Å². The zero-order chi connectivity index (χ0) is 28.3. The summed E-state index contributed by atoms with van der Waals surface area (Å²) in [5.74, 6) is 0.0758. The predicted molar refractivity (Wildman–Crippen MR) is 145 cm³/mol. The average molecular weight is 557 g/mol. The second-order valence-electron chi connectivity index (χ2n) is 10.8. The van der Waals surface area contributed by atoms with Gasteiger partial charge in [0.15, 0.2) is 5.78 Å². The molecular formula is C30H35F3N4O3. The zero-order valence-electron chi connectivity index (χ0n) is 22.8. The number of benzene rings is 2. The lowest BCUT2D eigenvalue weighted by atomic mass is 9.96. The third-order valence-electron chi connectivity index (χ3n) is 8.07. The first-order valence-electron chi connectivity index (χ1n) is 14.0. The third kappa shape index (κ3) is 6.55. The standard InChI is InChI=1S/C30H35F3N4O3/c1-21-25(28(38)6-3-11-35-14-16-40-17-15-35)7-8-27-26(21)20-37(34-27)19-22-9-12-36(13-10-22)29(39)23-4-2-5-24(18-23)30(31,32)33/h2,4-5,7-8,18,20,22H,3,6,9-17,19H2,1H3. The van der Waals surface area contributed by atoms with Crippen molar-refractivity contribution in [3.63, 3.8) is 0 Å². The topological polar surface area (TPSA) is 67.7 Å². The number of rotatable bonds is 8. The first kappa shape index (κ1) is 28.3. The Balaban J connectivity index is 1.16. The third-order valence-corrected chi connectivity index (χ3v) is 8.07. The van der Waals surface area contributed by atoms with Crippen molar-refractivity contribution < 1.29 is 27.5 Å². The molecule has 0 aliphatic carbocycles. The lowest BCUT2D eigenvalue weighted by Crippen LogP contribution is -2.39. The summed E-state index contributed by atoms with van der Waals surface area (Å²) < 4.78 is 46.5. The number of amides is 1. The van der Waals surface area contributed by atoms with Crippen LogP contribution in [-0.2, 0) is 17.5 Å². The van der Waals surface area contributed by atoms with Gasteiger partial charge in [0.2, 0.25) is 0 Å². The molecule has 1 aromatic heterocycles. The zero-order valence-corrected chi connectivity index (χ0v) is 22.8. The van der Waals surface area contributed by atoms with E-state index in [1.54, 1.807) is 4.90 Å². The highest BCUT2D eigenvalue weighted by atomic mass is 19.4. The van der Waals surface area contributed by atoms with Gasteiger partial charge in [-0.2, -0.15) is 18.3 Å². The molecule has 7 nitrogen and oxygen atoms in total. The van der Waals surface area contributed by atoms with Gasteiger partial charge in [-0.05, 0) is 74.5 Å². The number of hydrogen-bond acceptors (Lipinski definition) is 5. The van der Waals surface area contributed by atoms with Crippen molar-refractivity contribution >= 4 is 22.6 Å². The van der Waals surface area contributed by atoms with Crippen LogP contribution in [0.15, 0.2) is 42.6 Å². The molecule has 3 aromatic rings. The van der Waals surface area contributed by atoms with Crippen LogP contribution in [-0.4, -0.2) is 77.2 Å². The maximum Gasteiger partial charge on any atom is 0.416 e. The monoisotopic (exact) mass is 556 g/mol. The van der Waals surface area contributed by atoms with Gasteiger partial charge < -0.3 is 9.64 Å². The van der Waals surface area contributed by atoms with Crippen LogP contribution >= 0.6 is 0 Å². The van der Waals surface area contributed by atoms with Gasteiger partial charge >= 0.3 is 6.18 Å². The second kappa shape index (κ2) is 12.1. The molecule has 0 bridgehead atoms. The number of ketones is 1. The quantitative estimate of drug-likeness (QED) is 0.357. The van der Waals surface area contributed by atoms with Crippen molar-refractivity contribution in [1.82, 2.24) is 19.6 Å². The lowest BCUT2D eigenvalue weighted by molar-refractivity contribution is -0.137.